The number of hydrogen-bond acceptors (Lipinski definition) is 3. The van der Waals surface area contributed by atoms with Gasteiger partial charge in [-0.05, 0) is 12.1 Å². The molecule has 3 nitrogen and oxygen atoms in total. The second kappa shape index (κ2) is 6.22. The summed E-state index contributed by atoms with van der Waals surface area (Å²) in [6.45, 7) is -0.250. The minimum Gasteiger partial charge on any atom is -0.483 e. The zero-order valence-electron chi connectivity index (χ0n) is 5.23. The van der Waals surface area contributed by atoms with Crippen LogP contribution in [0.5, 0.6) is 0 Å². The number of rotatable bonds is 1. The molecule has 0 saturated heterocycles. The molecule has 0 aliphatic heterocycles. The topological polar surface area (TPSA) is 50.4 Å². The molecule has 1 heterocycles. The normalized spacial score (nSPS) is 7.70. The molecule has 1 rings (SSSR count). The molecular formula is C6H8O3S. The Morgan fingerprint density at radius 3 is 2.60 bits per heavy atom. The Kier molecular flexibility index (Phi) is 5.66. The minimum atomic E-state index is -0.250. The highest BCUT2D eigenvalue weighted by molar-refractivity contribution is 7.79. The summed E-state index contributed by atoms with van der Waals surface area (Å²) in [5, 5.41) is 6.89. The highest BCUT2D eigenvalue weighted by atomic mass is 32.1. The average Bonchev–Trinajstić information content (AvgIpc) is 2.39. The van der Waals surface area contributed by atoms with Crippen molar-refractivity contribution in [3.8, 4) is 0 Å². The van der Waals surface area contributed by atoms with Gasteiger partial charge >= 0.3 is 0 Å². The molecule has 0 saturated carbocycles. The van der Waals surface area contributed by atoms with Crippen molar-refractivity contribution in [3.05, 3.63) is 24.2 Å². The van der Waals surface area contributed by atoms with Crippen LogP contribution in [0.1, 0.15) is 5.76 Å². The first kappa shape index (κ1) is 9.10. The van der Waals surface area contributed by atoms with E-state index in [-0.39, 0.29) is 6.47 Å². The van der Waals surface area contributed by atoms with Gasteiger partial charge in [-0.25, -0.2) is 0 Å². The second-order valence-electron chi connectivity index (χ2n) is 1.34. The fourth-order valence-corrected chi connectivity index (χ4v) is 0.582. The minimum absolute atomic E-state index is 0.250. The third kappa shape index (κ3) is 4.03. The molecule has 0 fully saturated rings. The molecule has 1 aromatic rings. The van der Waals surface area contributed by atoms with Crippen LogP contribution in [0.25, 0.3) is 0 Å². The summed E-state index contributed by atoms with van der Waals surface area (Å²) in [6, 6.07) is 3.75. The second-order valence-corrected chi connectivity index (χ2v) is 1.66. The lowest BCUT2D eigenvalue weighted by atomic mass is 10.5. The molecule has 0 bridgehead atoms. The Bertz CT molecular complexity index is 160. The Balaban J connectivity index is 0.000000236. The van der Waals surface area contributed by atoms with Crippen molar-refractivity contribution in [2.75, 3.05) is 0 Å². The monoisotopic (exact) mass is 160 g/mol. The first-order valence-electron chi connectivity index (χ1n) is 2.56. The molecule has 1 aromatic heterocycles. The lowest BCUT2D eigenvalue weighted by molar-refractivity contribution is -0.122. The molecule has 0 amide bonds. The third-order valence-corrected chi connectivity index (χ3v) is 1.05. The van der Waals surface area contributed by atoms with Crippen LogP contribution in [0.15, 0.2) is 22.8 Å². The predicted octanol–water partition coefficient (Wildman–Crippen LogP) is 1.41. The summed E-state index contributed by atoms with van der Waals surface area (Å²) < 4.78 is 4.91. The van der Waals surface area contributed by atoms with Crippen molar-refractivity contribution < 1.29 is 14.3 Å². The van der Waals surface area contributed by atoms with Crippen LogP contribution >= 0.6 is 12.6 Å². The van der Waals surface area contributed by atoms with Gasteiger partial charge in [0.15, 0.2) is 0 Å². The fraction of sp³-hybridized carbons (Fsp3) is 0.167. The lowest BCUT2D eigenvalue weighted by Crippen LogP contribution is -1.62. The van der Waals surface area contributed by atoms with Crippen LogP contribution in [0.3, 0.4) is 0 Å². The standard InChI is InChI=1S/C5H6OS.CH2O2/c7-4-5-2-1-3-6-5;2-1-3/h1-3,7H,4H2;1H,(H,2,3). The van der Waals surface area contributed by atoms with E-state index in [1.807, 2.05) is 12.1 Å². The number of carboxylic acid groups (broad SMARTS) is 1. The van der Waals surface area contributed by atoms with E-state index in [9.17, 15) is 0 Å². The molecule has 0 atom stereocenters. The first-order chi connectivity index (χ1) is 4.85. The molecule has 4 heteroatoms. The van der Waals surface area contributed by atoms with Crippen LogP contribution in [0.4, 0.5) is 0 Å². The number of thiol groups is 1. The average molecular weight is 160 g/mol. The van der Waals surface area contributed by atoms with Crippen LogP contribution in [-0.4, -0.2) is 11.6 Å². The van der Waals surface area contributed by atoms with E-state index in [1.54, 1.807) is 6.26 Å². The number of furan rings is 1. The van der Waals surface area contributed by atoms with Gasteiger partial charge in [0.2, 0.25) is 0 Å². The third-order valence-electron chi connectivity index (χ3n) is 0.736. The van der Waals surface area contributed by atoms with Gasteiger partial charge in [-0.3, -0.25) is 4.79 Å². The lowest BCUT2D eigenvalue weighted by Gasteiger charge is -1.79. The molecule has 0 radical (unpaired) electrons. The predicted molar refractivity (Wildman–Crippen MR) is 40.1 cm³/mol. The van der Waals surface area contributed by atoms with E-state index < -0.39 is 0 Å². The SMILES string of the molecule is O=CO.SCc1ccco1. The largest absolute Gasteiger partial charge is 0.483 e. The van der Waals surface area contributed by atoms with E-state index in [0.29, 0.717) is 5.75 Å². The summed E-state index contributed by atoms with van der Waals surface area (Å²) in [6.07, 6.45) is 1.64. The Morgan fingerprint density at radius 2 is 2.40 bits per heavy atom. The number of hydrogen-bond donors (Lipinski definition) is 2. The molecule has 0 aromatic carbocycles. The van der Waals surface area contributed by atoms with Gasteiger partial charge in [0, 0.05) is 5.75 Å². The molecule has 0 aliphatic carbocycles. The Morgan fingerprint density at radius 1 is 1.80 bits per heavy atom. The van der Waals surface area contributed by atoms with Crippen molar-refractivity contribution in [3.63, 3.8) is 0 Å². The summed E-state index contributed by atoms with van der Waals surface area (Å²) >= 11 is 3.98. The highest BCUT2D eigenvalue weighted by Gasteiger charge is 1.85. The van der Waals surface area contributed by atoms with E-state index in [0.717, 1.165) is 5.76 Å². The first-order valence-corrected chi connectivity index (χ1v) is 3.19. The summed E-state index contributed by atoms with van der Waals surface area (Å²) in [4.78, 5) is 8.36. The van der Waals surface area contributed by atoms with Gasteiger partial charge < -0.3 is 9.52 Å². The molecular weight excluding hydrogens is 152 g/mol. The quantitative estimate of drug-likeness (QED) is 0.482. The smallest absolute Gasteiger partial charge is 0.290 e. The maximum absolute atomic E-state index is 8.36. The molecule has 0 aliphatic rings. The maximum Gasteiger partial charge on any atom is 0.290 e. The molecule has 1 N–H and O–H groups in total. The zero-order valence-corrected chi connectivity index (χ0v) is 6.12. The molecule has 56 valence electrons. The van der Waals surface area contributed by atoms with Crippen molar-refractivity contribution >= 4 is 19.1 Å². The highest BCUT2D eigenvalue weighted by Crippen LogP contribution is 2.01. The molecule has 0 unspecified atom stereocenters. The van der Waals surface area contributed by atoms with Crippen LogP contribution < -0.4 is 0 Å². The maximum atomic E-state index is 8.36. The van der Waals surface area contributed by atoms with E-state index in [2.05, 4.69) is 12.6 Å². The summed E-state index contributed by atoms with van der Waals surface area (Å²) in [5.41, 5.74) is 0. The van der Waals surface area contributed by atoms with E-state index in [1.165, 1.54) is 0 Å². The zero-order chi connectivity index (χ0) is 7.82. The molecule has 10 heavy (non-hydrogen) atoms. The van der Waals surface area contributed by atoms with Crippen LogP contribution in [0.2, 0.25) is 0 Å². The Hall–Kier alpha value is -0.900. The Labute approximate surface area is 64.1 Å². The van der Waals surface area contributed by atoms with Gasteiger partial charge in [-0.1, -0.05) is 0 Å². The van der Waals surface area contributed by atoms with E-state index >= 15 is 0 Å². The summed E-state index contributed by atoms with van der Waals surface area (Å²) in [7, 11) is 0. The van der Waals surface area contributed by atoms with Gasteiger partial charge in [0.1, 0.15) is 5.76 Å². The van der Waals surface area contributed by atoms with Crippen molar-refractivity contribution in [1.82, 2.24) is 0 Å². The van der Waals surface area contributed by atoms with E-state index in [4.69, 9.17) is 14.3 Å². The van der Waals surface area contributed by atoms with Crippen LogP contribution in [0, 0.1) is 0 Å². The molecule has 0 spiro atoms. The number of carbonyl (C=O) groups is 1. The van der Waals surface area contributed by atoms with Crippen molar-refractivity contribution in [2.24, 2.45) is 0 Å². The van der Waals surface area contributed by atoms with Crippen molar-refractivity contribution in [2.45, 2.75) is 5.75 Å². The van der Waals surface area contributed by atoms with Gasteiger partial charge in [0.05, 0.1) is 6.26 Å². The van der Waals surface area contributed by atoms with Crippen molar-refractivity contribution in [1.29, 1.82) is 0 Å². The van der Waals surface area contributed by atoms with Gasteiger partial charge in [0.25, 0.3) is 6.47 Å². The van der Waals surface area contributed by atoms with Crippen LogP contribution in [-0.2, 0) is 10.5 Å². The van der Waals surface area contributed by atoms with Gasteiger partial charge in [-0.15, -0.1) is 0 Å². The fourth-order valence-electron chi connectivity index (χ4n) is 0.403. The van der Waals surface area contributed by atoms with Gasteiger partial charge in [-0.2, -0.15) is 12.6 Å². The summed E-state index contributed by atoms with van der Waals surface area (Å²) in [5.74, 6) is 1.61.